The highest BCUT2D eigenvalue weighted by molar-refractivity contribution is 8.01. The molecule has 1 aliphatic heterocycles. The normalized spacial score (nSPS) is 16.2. The summed E-state index contributed by atoms with van der Waals surface area (Å²) in [5.74, 6) is 1.41. The lowest BCUT2D eigenvalue weighted by Gasteiger charge is -2.23. The average Bonchev–Trinajstić information content (AvgIpc) is 3.52. The van der Waals surface area contributed by atoms with E-state index >= 15 is 0 Å². The van der Waals surface area contributed by atoms with Gasteiger partial charge in [0.15, 0.2) is 4.34 Å². The highest BCUT2D eigenvalue weighted by Crippen LogP contribution is 2.35. The van der Waals surface area contributed by atoms with Gasteiger partial charge in [-0.3, -0.25) is 4.79 Å². The Morgan fingerprint density at radius 3 is 2.93 bits per heavy atom. The third-order valence-corrected chi connectivity index (χ3v) is 7.75. The molecule has 1 atom stereocenters. The number of methoxy groups -OCH3 is 1. The van der Waals surface area contributed by atoms with Crippen molar-refractivity contribution in [2.75, 3.05) is 24.7 Å². The van der Waals surface area contributed by atoms with Gasteiger partial charge >= 0.3 is 0 Å². The van der Waals surface area contributed by atoms with E-state index in [2.05, 4.69) is 33.0 Å². The van der Waals surface area contributed by atoms with Crippen molar-refractivity contribution in [2.45, 2.75) is 29.8 Å². The number of ether oxygens (including phenoxy) is 1. The Kier molecular flexibility index (Phi) is 6.68. The molecule has 0 bridgehead atoms. The Labute approximate surface area is 182 Å². The first-order chi connectivity index (χ1) is 14.2. The number of rotatable bonds is 8. The molecule has 3 heterocycles. The summed E-state index contributed by atoms with van der Waals surface area (Å²) in [5, 5.41) is 14.5. The first kappa shape index (κ1) is 20.2. The van der Waals surface area contributed by atoms with Gasteiger partial charge in [-0.2, -0.15) is 0 Å². The highest BCUT2D eigenvalue weighted by Gasteiger charge is 2.30. The van der Waals surface area contributed by atoms with Crippen molar-refractivity contribution >= 4 is 45.5 Å². The third kappa shape index (κ3) is 5.09. The van der Waals surface area contributed by atoms with Crippen LogP contribution in [0, 0.1) is 0 Å². The lowest BCUT2D eigenvalue weighted by Crippen LogP contribution is -2.31. The van der Waals surface area contributed by atoms with Crippen molar-refractivity contribution in [3.05, 3.63) is 52.2 Å². The van der Waals surface area contributed by atoms with E-state index in [1.807, 2.05) is 29.2 Å². The zero-order valence-electron chi connectivity index (χ0n) is 16.0. The summed E-state index contributed by atoms with van der Waals surface area (Å²) in [4.78, 5) is 16.0. The van der Waals surface area contributed by atoms with Crippen molar-refractivity contribution in [1.82, 2.24) is 15.1 Å². The van der Waals surface area contributed by atoms with Gasteiger partial charge in [-0.1, -0.05) is 41.3 Å². The quantitative estimate of drug-likeness (QED) is 0.507. The molecule has 4 rings (SSSR count). The molecular formula is C20H22N4O2S3. The second-order valence-electron chi connectivity index (χ2n) is 6.62. The molecule has 6 nitrogen and oxygen atoms in total. The van der Waals surface area contributed by atoms with Crippen LogP contribution in [0.1, 0.15) is 29.3 Å². The Hall–Kier alpha value is -2.10. The molecule has 0 radical (unpaired) electrons. The number of likely N-dealkylation sites (tertiary alicyclic amines) is 1. The first-order valence-corrected chi connectivity index (χ1v) is 12.1. The molecule has 0 aliphatic carbocycles. The molecule has 29 heavy (non-hydrogen) atoms. The molecular weight excluding hydrogens is 424 g/mol. The molecule has 0 spiro atoms. The Bertz CT molecular complexity index is 928. The standard InChI is InChI=1S/C20H22N4O2S3/c1-26-15-8-6-14(7-9-15)12-21-19-22-23-20(29-19)28-13-18(25)24-10-2-4-16(24)17-5-3-11-27-17/h3,5-9,11,16H,2,4,10,12-13H2,1H3,(H,21,22). The van der Waals surface area contributed by atoms with Crippen LogP contribution in [0.3, 0.4) is 0 Å². The summed E-state index contributed by atoms with van der Waals surface area (Å²) in [7, 11) is 1.66. The molecule has 1 N–H and O–H groups in total. The van der Waals surface area contributed by atoms with E-state index in [4.69, 9.17) is 4.74 Å². The van der Waals surface area contributed by atoms with Crippen LogP contribution in [0.25, 0.3) is 0 Å². The van der Waals surface area contributed by atoms with Crippen molar-refractivity contribution in [2.24, 2.45) is 0 Å². The highest BCUT2D eigenvalue weighted by atomic mass is 32.2. The molecule has 1 fully saturated rings. The molecule has 1 unspecified atom stereocenters. The maximum Gasteiger partial charge on any atom is 0.233 e. The van der Waals surface area contributed by atoms with Gasteiger partial charge in [-0.15, -0.1) is 21.5 Å². The number of nitrogens with zero attached hydrogens (tertiary/aromatic N) is 3. The molecule has 1 saturated heterocycles. The number of nitrogens with one attached hydrogen (secondary N) is 1. The van der Waals surface area contributed by atoms with Gasteiger partial charge in [-0.25, -0.2) is 0 Å². The number of carbonyl (C=O) groups excluding carboxylic acids is 1. The maximum atomic E-state index is 12.7. The molecule has 1 amide bonds. The molecule has 9 heteroatoms. The molecule has 152 valence electrons. The zero-order chi connectivity index (χ0) is 20.1. The van der Waals surface area contributed by atoms with Crippen LogP contribution in [0.4, 0.5) is 5.13 Å². The van der Waals surface area contributed by atoms with Crippen LogP contribution in [-0.4, -0.2) is 40.4 Å². The van der Waals surface area contributed by atoms with Gasteiger partial charge in [0.05, 0.1) is 18.9 Å². The second kappa shape index (κ2) is 9.60. The predicted octanol–water partition coefficient (Wildman–Crippen LogP) is 4.68. The summed E-state index contributed by atoms with van der Waals surface area (Å²) >= 11 is 4.67. The predicted molar refractivity (Wildman–Crippen MR) is 119 cm³/mol. The van der Waals surface area contributed by atoms with Crippen molar-refractivity contribution in [1.29, 1.82) is 0 Å². The summed E-state index contributed by atoms with van der Waals surface area (Å²) in [6, 6.07) is 12.3. The van der Waals surface area contributed by atoms with Gasteiger partial charge in [0.25, 0.3) is 0 Å². The largest absolute Gasteiger partial charge is 0.497 e. The molecule has 1 aliphatic rings. The number of thioether (sulfide) groups is 1. The van der Waals surface area contributed by atoms with E-state index in [0.717, 1.165) is 40.2 Å². The van der Waals surface area contributed by atoms with E-state index in [9.17, 15) is 4.79 Å². The smallest absolute Gasteiger partial charge is 0.233 e. The molecule has 0 saturated carbocycles. The minimum Gasteiger partial charge on any atom is -0.497 e. The van der Waals surface area contributed by atoms with Gasteiger partial charge in [0.1, 0.15) is 5.75 Å². The van der Waals surface area contributed by atoms with Crippen molar-refractivity contribution < 1.29 is 9.53 Å². The Morgan fingerprint density at radius 1 is 1.31 bits per heavy atom. The molecule has 1 aromatic carbocycles. The van der Waals surface area contributed by atoms with Crippen LogP contribution in [0.2, 0.25) is 0 Å². The number of anilines is 1. The summed E-state index contributed by atoms with van der Waals surface area (Å²) in [6.45, 7) is 1.51. The van der Waals surface area contributed by atoms with Crippen LogP contribution in [0.15, 0.2) is 46.1 Å². The van der Waals surface area contributed by atoms with E-state index in [1.165, 1.54) is 28.0 Å². The summed E-state index contributed by atoms with van der Waals surface area (Å²) in [5.41, 5.74) is 1.14. The summed E-state index contributed by atoms with van der Waals surface area (Å²) in [6.07, 6.45) is 2.12. The number of hydrogen-bond donors (Lipinski definition) is 1. The summed E-state index contributed by atoms with van der Waals surface area (Å²) < 4.78 is 5.98. The van der Waals surface area contributed by atoms with E-state index in [0.29, 0.717) is 12.3 Å². The number of thiophene rings is 1. The zero-order valence-corrected chi connectivity index (χ0v) is 18.5. The fourth-order valence-electron chi connectivity index (χ4n) is 3.31. The first-order valence-electron chi connectivity index (χ1n) is 9.39. The minimum atomic E-state index is 0.175. The van der Waals surface area contributed by atoms with E-state index in [-0.39, 0.29) is 11.9 Å². The second-order valence-corrected chi connectivity index (χ2v) is 9.80. The lowest BCUT2D eigenvalue weighted by molar-refractivity contribution is -0.129. The fourth-order valence-corrected chi connectivity index (χ4v) is 5.82. The molecule has 3 aromatic rings. The van der Waals surface area contributed by atoms with Crippen LogP contribution >= 0.6 is 34.4 Å². The number of amides is 1. The minimum absolute atomic E-state index is 0.175. The molecule has 2 aromatic heterocycles. The van der Waals surface area contributed by atoms with Crippen LogP contribution in [0.5, 0.6) is 5.75 Å². The Morgan fingerprint density at radius 2 is 2.17 bits per heavy atom. The van der Waals surface area contributed by atoms with Crippen LogP contribution < -0.4 is 10.1 Å². The van der Waals surface area contributed by atoms with Crippen molar-refractivity contribution in [3.8, 4) is 5.75 Å². The van der Waals surface area contributed by atoms with E-state index in [1.54, 1.807) is 18.4 Å². The number of carbonyl (C=O) groups is 1. The topological polar surface area (TPSA) is 67.3 Å². The third-order valence-electron chi connectivity index (χ3n) is 4.77. The number of aromatic nitrogens is 2. The fraction of sp³-hybridized carbons (Fsp3) is 0.350. The average molecular weight is 447 g/mol. The van der Waals surface area contributed by atoms with Gasteiger partial charge in [0, 0.05) is 18.0 Å². The lowest BCUT2D eigenvalue weighted by atomic mass is 10.2. The number of hydrogen-bond acceptors (Lipinski definition) is 8. The maximum absolute atomic E-state index is 12.7. The Balaban J connectivity index is 1.27. The van der Waals surface area contributed by atoms with Gasteiger partial charge in [0.2, 0.25) is 11.0 Å². The van der Waals surface area contributed by atoms with E-state index < -0.39 is 0 Å². The van der Waals surface area contributed by atoms with Crippen LogP contribution in [-0.2, 0) is 11.3 Å². The van der Waals surface area contributed by atoms with Gasteiger partial charge in [-0.05, 0) is 42.0 Å². The van der Waals surface area contributed by atoms with Gasteiger partial charge < -0.3 is 15.0 Å². The monoisotopic (exact) mass is 446 g/mol. The SMILES string of the molecule is COc1ccc(CNc2nnc(SCC(=O)N3CCCC3c3cccs3)s2)cc1. The van der Waals surface area contributed by atoms with Crippen molar-refractivity contribution in [3.63, 3.8) is 0 Å². The number of benzene rings is 1.